The van der Waals surface area contributed by atoms with Crippen LogP contribution in [0.5, 0.6) is 0 Å². The molecule has 24 heavy (non-hydrogen) atoms. The van der Waals surface area contributed by atoms with Crippen molar-refractivity contribution < 1.29 is 0 Å². The Kier molecular flexibility index (Phi) is 3.39. The Hall–Kier alpha value is -3.00. The lowest BCUT2D eigenvalue weighted by atomic mass is 10.1. The maximum atomic E-state index is 5.92. The van der Waals surface area contributed by atoms with Crippen LogP contribution in [0.25, 0.3) is 11.0 Å². The van der Waals surface area contributed by atoms with Gasteiger partial charge in [0.1, 0.15) is 11.7 Å². The second-order valence-corrected chi connectivity index (χ2v) is 5.72. The highest BCUT2D eigenvalue weighted by atomic mass is 35.5. The van der Waals surface area contributed by atoms with Crippen LogP contribution in [-0.2, 0) is 0 Å². The number of nitrogen functional groups attached to an aromatic ring is 2. The molecule has 3 heterocycles. The number of rotatable bonds is 2. The summed E-state index contributed by atoms with van der Waals surface area (Å²) in [6, 6.07) is 7.60. The zero-order valence-corrected chi connectivity index (χ0v) is 13.3. The fourth-order valence-corrected chi connectivity index (χ4v) is 2.58. The van der Waals surface area contributed by atoms with Gasteiger partial charge in [0.05, 0.1) is 5.39 Å². The van der Waals surface area contributed by atoms with Crippen LogP contribution in [0.2, 0.25) is 5.02 Å². The molecule has 1 aliphatic rings. The minimum atomic E-state index is 0.0729. The summed E-state index contributed by atoms with van der Waals surface area (Å²) >= 11 is 5.92. The molecule has 0 saturated carbocycles. The van der Waals surface area contributed by atoms with Crippen LogP contribution in [-0.4, -0.2) is 32.3 Å². The highest BCUT2D eigenvalue weighted by Gasteiger charge is 2.24. The van der Waals surface area contributed by atoms with E-state index in [0.29, 0.717) is 22.0 Å². The van der Waals surface area contributed by atoms with Crippen LogP contribution in [0.4, 0.5) is 23.4 Å². The van der Waals surface area contributed by atoms with E-state index in [4.69, 9.17) is 23.1 Å². The molecule has 2 aromatic heterocycles. The fraction of sp³-hybridized carbons (Fsp3) is 0.133. The van der Waals surface area contributed by atoms with Crippen LogP contribution in [0.1, 0.15) is 6.42 Å². The summed E-state index contributed by atoms with van der Waals surface area (Å²) in [5.74, 6) is 1.52. The average molecular weight is 341 g/mol. The Bertz CT molecular complexity index is 954. The molecule has 0 unspecified atom stereocenters. The van der Waals surface area contributed by atoms with Crippen molar-refractivity contribution in [2.75, 3.05) is 22.9 Å². The fourth-order valence-electron chi connectivity index (χ4n) is 2.46. The van der Waals surface area contributed by atoms with Gasteiger partial charge in [-0.05, 0) is 24.3 Å². The minimum absolute atomic E-state index is 0.0729. The zero-order chi connectivity index (χ0) is 16.7. The van der Waals surface area contributed by atoms with Crippen LogP contribution >= 0.6 is 11.6 Å². The third-order valence-electron chi connectivity index (χ3n) is 3.73. The molecule has 0 amide bonds. The van der Waals surface area contributed by atoms with E-state index >= 15 is 0 Å². The Morgan fingerprint density at radius 1 is 1.08 bits per heavy atom. The molecule has 1 saturated heterocycles. The number of amidine groups is 1. The van der Waals surface area contributed by atoms with Crippen molar-refractivity contribution in [1.82, 2.24) is 19.9 Å². The summed E-state index contributed by atoms with van der Waals surface area (Å²) in [6.45, 7) is 0.885. The van der Waals surface area contributed by atoms with Gasteiger partial charge in [-0.1, -0.05) is 11.6 Å². The normalized spacial score (nSPS) is 15.7. The molecule has 1 aromatic carbocycles. The van der Waals surface area contributed by atoms with Gasteiger partial charge in [-0.3, -0.25) is 0 Å². The molecule has 1 fully saturated rings. The predicted octanol–water partition coefficient (Wildman–Crippen LogP) is 2.18. The van der Waals surface area contributed by atoms with Crippen LogP contribution < -0.4 is 16.4 Å². The Labute approximate surface area is 142 Å². The number of hydrogen-bond donors (Lipinski definition) is 2. The monoisotopic (exact) mass is 340 g/mol. The van der Waals surface area contributed by atoms with Gasteiger partial charge in [0.25, 0.3) is 5.95 Å². The van der Waals surface area contributed by atoms with Gasteiger partial charge in [0.15, 0.2) is 5.65 Å². The van der Waals surface area contributed by atoms with E-state index in [1.54, 1.807) is 6.20 Å². The molecule has 9 heteroatoms. The molecule has 120 valence electrons. The largest absolute Gasteiger partial charge is 0.383 e. The summed E-state index contributed by atoms with van der Waals surface area (Å²) in [5.41, 5.74) is 12.8. The van der Waals surface area contributed by atoms with E-state index in [2.05, 4.69) is 29.8 Å². The van der Waals surface area contributed by atoms with E-state index in [1.807, 2.05) is 24.3 Å². The predicted molar refractivity (Wildman–Crippen MR) is 94.5 cm³/mol. The number of benzene rings is 1. The van der Waals surface area contributed by atoms with E-state index in [1.165, 1.54) is 0 Å². The standard InChI is InChI=1S/C15H13ClN8/c16-8-1-3-9(4-2-8)24-6-5-11(24)20-15-19-7-10-12(17)21-14(18)22-13(10)23-15/h1-4,7H,5-6H2,(H4,17,18,19,21,22,23). The zero-order valence-electron chi connectivity index (χ0n) is 12.5. The molecular formula is C15H13ClN8. The van der Waals surface area contributed by atoms with Crippen molar-refractivity contribution in [1.29, 1.82) is 0 Å². The first kappa shape index (κ1) is 14.6. The van der Waals surface area contributed by atoms with Gasteiger partial charge in [-0.2, -0.15) is 19.9 Å². The molecule has 0 aliphatic carbocycles. The number of hydrogen-bond acceptors (Lipinski definition) is 7. The smallest absolute Gasteiger partial charge is 0.253 e. The van der Waals surface area contributed by atoms with E-state index in [9.17, 15) is 0 Å². The highest BCUT2D eigenvalue weighted by Crippen LogP contribution is 2.26. The molecule has 8 nitrogen and oxygen atoms in total. The third kappa shape index (κ3) is 2.56. The van der Waals surface area contributed by atoms with Crippen molar-refractivity contribution in [2.24, 2.45) is 4.99 Å². The van der Waals surface area contributed by atoms with E-state index < -0.39 is 0 Å². The molecule has 0 atom stereocenters. The van der Waals surface area contributed by atoms with Crippen LogP contribution in [0.3, 0.4) is 0 Å². The number of halogens is 1. The number of aromatic nitrogens is 4. The summed E-state index contributed by atoms with van der Waals surface area (Å²) < 4.78 is 0. The van der Waals surface area contributed by atoms with E-state index in [0.717, 1.165) is 24.5 Å². The summed E-state index contributed by atoms with van der Waals surface area (Å²) in [7, 11) is 0. The van der Waals surface area contributed by atoms with Crippen molar-refractivity contribution in [2.45, 2.75) is 6.42 Å². The Morgan fingerprint density at radius 2 is 1.88 bits per heavy atom. The van der Waals surface area contributed by atoms with Crippen molar-refractivity contribution >= 4 is 51.9 Å². The third-order valence-corrected chi connectivity index (χ3v) is 3.98. The van der Waals surface area contributed by atoms with Gasteiger partial charge >= 0.3 is 0 Å². The molecule has 0 spiro atoms. The number of aliphatic imine (C=N–C) groups is 1. The Morgan fingerprint density at radius 3 is 2.58 bits per heavy atom. The van der Waals surface area contributed by atoms with Crippen LogP contribution in [0, 0.1) is 0 Å². The molecule has 0 bridgehead atoms. The van der Waals surface area contributed by atoms with Gasteiger partial charge in [-0.25, -0.2) is 4.98 Å². The van der Waals surface area contributed by atoms with Crippen molar-refractivity contribution in [3.05, 3.63) is 35.5 Å². The molecule has 4 rings (SSSR count). The van der Waals surface area contributed by atoms with Crippen molar-refractivity contribution in [3.8, 4) is 0 Å². The number of fused-ring (bicyclic) bond motifs is 1. The highest BCUT2D eigenvalue weighted by molar-refractivity contribution is 6.30. The first-order valence-electron chi connectivity index (χ1n) is 7.26. The molecular weight excluding hydrogens is 328 g/mol. The first-order valence-corrected chi connectivity index (χ1v) is 7.64. The van der Waals surface area contributed by atoms with Crippen molar-refractivity contribution in [3.63, 3.8) is 0 Å². The summed E-state index contributed by atoms with van der Waals surface area (Å²) in [5, 5.41) is 1.25. The first-order chi connectivity index (χ1) is 11.6. The van der Waals surface area contributed by atoms with Crippen LogP contribution in [0.15, 0.2) is 35.5 Å². The second-order valence-electron chi connectivity index (χ2n) is 5.28. The maximum Gasteiger partial charge on any atom is 0.253 e. The van der Waals surface area contributed by atoms with E-state index in [-0.39, 0.29) is 11.8 Å². The lowest BCUT2D eigenvalue weighted by Crippen LogP contribution is -2.43. The van der Waals surface area contributed by atoms with Gasteiger partial charge in [0, 0.05) is 29.9 Å². The molecule has 3 aromatic rings. The lowest BCUT2D eigenvalue weighted by molar-refractivity contribution is 0.864. The summed E-state index contributed by atoms with van der Waals surface area (Å²) in [4.78, 5) is 23.1. The number of nitrogens with two attached hydrogens (primary N) is 2. The number of nitrogens with zero attached hydrogens (tertiary/aromatic N) is 6. The summed E-state index contributed by atoms with van der Waals surface area (Å²) in [6.07, 6.45) is 2.40. The Balaban J connectivity index is 1.67. The minimum Gasteiger partial charge on any atom is -0.383 e. The maximum absolute atomic E-state index is 5.92. The van der Waals surface area contributed by atoms with Gasteiger partial charge in [-0.15, -0.1) is 0 Å². The second kappa shape index (κ2) is 5.57. The number of anilines is 3. The quantitative estimate of drug-likeness (QED) is 0.733. The molecule has 1 aliphatic heterocycles. The van der Waals surface area contributed by atoms with Gasteiger partial charge < -0.3 is 16.4 Å². The molecule has 4 N–H and O–H groups in total. The lowest BCUT2D eigenvalue weighted by Gasteiger charge is -2.34. The van der Waals surface area contributed by atoms with Gasteiger partial charge in [0.2, 0.25) is 5.95 Å². The molecule has 0 radical (unpaired) electrons. The average Bonchev–Trinajstić information content (AvgIpc) is 2.53. The SMILES string of the molecule is Nc1nc(N)c2cnc(N=C3CCN3c3ccc(Cl)cc3)nc2n1. The topological polar surface area (TPSA) is 119 Å².